The molecule has 0 radical (unpaired) electrons. The van der Waals surface area contributed by atoms with Gasteiger partial charge in [-0.05, 0) is 43.5 Å². The van der Waals surface area contributed by atoms with Crippen molar-refractivity contribution in [3.8, 4) is 11.3 Å². The number of nitrogens with zero attached hydrogens (tertiary/aromatic N) is 6. The molecular weight excluding hydrogens is 520 g/mol. The van der Waals surface area contributed by atoms with Gasteiger partial charge in [0.05, 0.1) is 5.69 Å². The fraction of sp³-hybridized carbons (Fsp3) is 0.600. The molecule has 0 unspecified atom stereocenters. The molecule has 1 aliphatic carbocycles. The van der Waals surface area contributed by atoms with Crippen LogP contribution >= 0.6 is 0 Å². The van der Waals surface area contributed by atoms with Crippen LogP contribution in [0.15, 0.2) is 24.3 Å². The Kier molecular flexibility index (Phi) is 8.13. The maximum atomic E-state index is 13.1. The first kappa shape index (κ1) is 27.6. The number of piperidine rings is 1. The van der Waals surface area contributed by atoms with Crippen molar-refractivity contribution in [3.63, 3.8) is 0 Å². The number of nitrogens with one attached hydrogen (secondary N) is 1. The first-order valence-electron chi connectivity index (χ1n) is 15.1. The van der Waals surface area contributed by atoms with Crippen LogP contribution in [0.5, 0.6) is 0 Å². The summed E-state index contributed by atoms with van der Waals surface area (Å²) in [7, 11) is 2.13. The van der Waals surface area contributed by atoms with Crippen molar-refractivity contribution in [2.75, 3.05) is 63.5 Å². The predicted molar refractivity (Wildman–Crippen MR) is 158 cm³/mol. The summed E-state index contributed by atoms with van der Waals surface area (Å²) in [6, 6.07) is 8.68. The first-order chi connectivity index (χ1) is 19.9. The Morgan fingerprint density at radius 3 is 2.41 bits per heavy atom. The molecule has 1 saturated carbocycles. The lowest BCUT2D eigenvalue weighted by molar-refractivity contribution is 0.0321. The molecule has 1 aromatic carbocycles. The van der Waals surface area contributed by atoms with E-state index in [0.29, 0.717) is 45.1 Å². The number of piperazine rings is 1. The smallest absolute Gasteiger partial charge is 0.410 e. The van der Waals surface area contributed by atoms with Crippen molar-refractivity contribution in [2.24, 2.45) is 0 Å². The van der Waals surface area contributed by atoms with Gasteiger partial charge in [0.2, 0.25) is 5.95 Å². The van der Waals surface area contributed by atoms with Gasteiger partial charge in [0.25, 0.3) is 0 Å². The van der Waals surface area contributed by atoms with E-state index in [2.05, 4.69) is 50.3 Å². The van der Waals surface area contributed by atoms with E-state index in [1.54, 1.807) is 4.90 Å². The number of likely N-dealkylation sites (tertiary alicyclic amines) is 1. The molecule has 11 heteroatoms. The van der Waals surface area contributed by atoms with E-state index in [-0.39, 0.29) is 24.2 Å². The van der Waals surface area contributed by atoms with Gasteiger partial charge in [-0.3, -0.25) is 0 Å². The molecule has 41 heavy (non-hydrogen) atoms. The molecule has 4 aliphatic rings. The summed E-state index contributed by atoms with van der Waals surface area (Å²) in [5.74, 6) is 1.12. The van der Waals surface area contributed by atoms with E-state index in [0.717, 1.165) is 68.1 Å². The van der Waals surface area contributed by atoms with Gasteiger partial charge in [0.1, 0.15) is 11.9 Å². The van der Waals surface area contributed by atoms with E-state index >= 15 is 0 Å². The lowest BCUT2D eigenvalue weighted by Crippen LogP contribution is -2.49. The molecule has 1 aromatic heterocycles. The number of benzene rings is 1. The van der Waals surface area contributed by atoms with Gasteiger partial charge in [-0.1, -0.05) is 25.0 Å². The van der Waals surface area contributed by atoms with Crippen molar-refractivity contribution in [2.45, 2.75) is 63.6 Å². The average Bonchev–Trinajstić information content (AvgIpc) is 3.50. The van der Waals surface area contributed by atoms with E-state index in [9.17, 15) is 9.59 Å². The van der Waals surface area contributed by atoms with E-state index in [1.165, 1.54) is 18.4 Å². The zero-order chi connectivity index (χ0) is 28.3. The predicted octanol–water partition coefficient (Wildman–Crippen LogP) is 3.09. The Labute approximate surface area is 242 Å². The highest BCUT2D eigenvalue weighted by atomic mass is 16.6. The minimum absolute atomic E-state index is 0.0196. The summed E-state index contributed by atoms with van der Waals surface area (Å²) in [6.45, 7) is 6.12. The first-order valence-corrected chi connectivity index (χ1v) is 15.1. The number of ether oxygens (including phenoxy) is 1. The summed E-state index contributed by atoms with van der Waals surface area (Å²) in [4.78, 5) is 43.0. The normalized spacial score (nSPS) is 20.7. The highest BCUT2D eigenvalue weighted by Crippen LogP contribution is 2.29. The largest absolute Gasteiger partial charge is 0.446 e. The maximum absolute atomic E-state index is 13.1. The van der Waals surface area contributed by atoms with Crippen LogP contribution in [0.4, 0.5) is 21.4 Å². The standard InChI is InChI=1S/C30H42N8O3/c1-35-14-16-36(17-15-35)27-19-26(33-28(31)34-27)22-7-6-21-8-11-38(20-23(21)18-22)30(40)41-25-9-12-37(13-10-25)29(39)32-24-4-2-3-5-24/h6-7,18-19,24-25H,2-5,8-17,20H2,1H3,(H,32,39)(H2,31,33,34). The Morgan fingerprint density at radius 1 is 0.902 bits per heavy atom. The Morgan fingerprint density at radius 2 is 1.66 bits per heavy atom. The van der Waals surface area contributed by atoms with Crippen molar-refractivity contribution in [3.05, 3.63) is 35.4 Å². The van der Waals surface area contributed by atoms with E-state index in [1.807, 2.05) is 11.0 Å². The van der Waals surface area contributed by atoms with Gasteiger partial charge in [-0.2, -0.15) is 4.98 Å². The number of amides is 3. The number of rotatable bonds is 4. The molecule has 3 aliphatic heterocycles. The van der Waals surface area contributed by atoms with Crippen molar-refractivity contribution in [1.29, 1.82) is 0 Å². The van der Waals surface area contributed by atoms with E-state index < -0.39 is 0 Å². The SMILES string of the molecule is CN1CCN(c2cc(-c3ccc4c(c3)CN(C(=O)OC3CCN(C(=O)NC5CCCC5)CC3)CC4)nc(N)n2)CC1. The van der Waals surface area contributed by atoms with Crippen LogP contribution in [0.3, 0.4) is 0 Å². The van der Waals surface area contributed by atoms with Crippen LogP contribution in [0.2, 0.25) is 0 Å². The summed E-state index contributed by atoms with van der Waals surface area (Å²) < 4.78 is 5.91. The zero-order valence-corrected chi connectivity index (χ0v) is 24.1. The van der Waals surface area contributed by atoms with Crippen LogP contribution < -0.4 is 16.0 Å². The van der Waals surface area contributed by atoms with E-state index in [4.69, 9.17) is 10.5 Å². The lowest BCUT2D eigenvalue weighted by atomic mass is 9.96. The van der Waals surface area contributed by atoms with Crippen LogP contribution in [0, 0.1) is 0 Å². The highest BCUT2D eigenvalue weighted by Gasteiger charge is 2.30. The molecule has 2 saturated heterocycles. The maximum Gasteiger partial charge on any atom is 0.410 e. The molecule has 3 N–H and O–H groups in total. The number of hydrogen-bond donors (Lipinski definition) is 2. The summed E-state index contributed by atoms with van der Waals surface area (Å²) in [5, 5.41) is 3.16. The number of likely N-dealkylation sites (N-methyl/N-ethyl adjacent to an activating group) is 1. The minimum atomic E-state index is -0.279. The minimum Gasteiger partial charge on any atom is -0.446 e. The number of nitrogens with two attached hydrogens (primary N) is 1. The van der Waals surface area contributed by atoms with Gasteiger partial charge < -0.3 is 35.4 Å². The quantitative estimate of drug-likeness (QED) is 0.584. The van der Waals surface area contributed by atoms with Gasteiger partial charge in [-0.25, -0.2) is 14.6 Å². The topological polar surface area (TPSA) is 120 Å². The van der Waals surface area contributed by atoms with Crippen LogP contribution in [0.1, 0.15) is 49.7 Å². The number of fused-ring (bicyclic) bond motifs is 1. The number of carbonyl (C=O) groups excluding carboxylic acids is 2. The Bertz CT molecular complexity index is 1250. The van der Waals surface area contributed by atoms with Crippen molar-refractivity contribution < 1.29 is 14.3 Å². The molecule has 0 bridgehead atoms. The fourth-order valence-electron chi connectivity index (χ4n) is 6.40. The monoisotopic (exact) mass is 562 g/mol. The second kappa shape index (κ2) is 12.1. The van der Waals surface area contributed by atoms with Gasteiger partial charge in [-0.15, -0.1) is 0 Å². The van der Waals surface area contributed by atoms with Crippen molar-refractivity contribution in [1.82, 2.24) is 30.0 Å². The second-order valence-electron chi connectivity index (χ2n) is 11.9. The second-order valence-corrected chi connectivity index (χ2v) is 11.9. The molecule has 2 aromatic rings. The third kappa shape index (κ3) is 6.50. The molecule has 4 heterocycles. The molecule has 0 spiro atoms. The number of anilines is 2. The summed E-state index contributed by atoms with van der Waals surface area (Å²) in [5.41, 5.74) is 10.2. The van der Waals surface area contributed by atoms with Gasteiger partial charge in [0, 0.05) is 82.9 Å². The Balaban J connectivity index is 1.05. The zero-order valence-electron chi connectivity index (χ0n) is 24.1. The van der Waals surface area contributed by atoms with Crippen LogP contribution in [-0.4, -0.2) is 102 Å². The van der Waals surface area contributed by atoms with Crippen LogP contribution in [-0.2, 0) is 17.7 Å². The molecule has 220 valence electrons. The fourth-order valence-corrected chi connectivity index (χ4v) is 6.40. The number of nitrogen functional groups attached to an aromatic ring is 1. The van der Waals surface area contributed by atoms with Gasteiger partial charge >= 0.3 is 12.1 Å². The third-order valence-corrected chi connectivity index (χ3v) is 9.01. The number of carbonyl (C=O) groups is 2. The summed E-state index contributed by atoms with van der Waals surface area (Å²) >= 11 is 0. The Hall–Kier alpha value is -3.60. The molecular formula is C30H42N8O3. The third-order valence-electron chi connectivity index (χ3n) is 9.01. The molecule has 3 amide bonds. The highest BCUT2D eigenvalue weighted by molar-refractivity contribution is 5.75. The molecule has 3 fully saturated rings. The number of hydrogen-bond acceptors (Lipinski definition) is 8. The van der Waals surface area contributed by atoms with Crippen LogP contribution in [0.25, 0.3) is 11.3 Å². The van der Waals surface area contributed by atoms with Gasteiger partial charge in [0.15, 0.2) is 0 Å². The summed E-state index contributed by atoms with van der Waals surface area (Å²) in [6.07, 6.45) is 6.21. The molecule has 11 nitrogen and oxygen atoms in total. The average molecular weight is 563 g/mol. The molecule has 6 rings (SSSR count). The number of aromatic nitrogens is 2. The van der Waals surface area contributed by atoms with Crippen molar-refractivity contribution >= 4 is 23.9 Å². The lowest BCUT2D eigenvalue weighted by Gasteiger charge is -2.34. The number of urea groups is 1. The molecule has 0 atom stereocenters.